The van der Waals surface area contributed by atoms with Crippen molar-refractivity contribution in [1.29, 1.82) is 0 Å². The highest BCUT2D eigenvalue weighted by Crippen LogP contribution is 2.16. The summed E-state index contributed by atoms with van der Waals surface area (Å²) in [7, 11) is 0. The molecule has 0 saturated heterocycles. The van der Waals surface area contributed by atoms with Gasteiger partial charge in [-0.1, -0.05) is 42.5 Å². The number of nitrogens with two attached hydrogens (primary N) is 1. The maximum Gasteiger partial charge on any atom is 0.0962 e. The van der Waals surface area contributed by atoms with Gasteiger partial charge in [-0.25, -0.2) is 0 Å². The molecule has 2 aromatic rings. The van der Waals surface area contributed by atoms with E-state index >= 15 is 0 Å². The molecule has 0 saturated carbocycles. The molecular formula is C12H16N4. The number of rotatable bonds is 4. The molecule has 0 spiro atoms. The first-order valence-electron chi connectivity index (χ1n) is 5.43. The number of aromatic nitrogens is 3. The minimum absolute atomic E-state index is 0.425. The molecule has 0 aliphatic heterocycles. The van der Waals surface area contributed by atoms with Crippen molar-refractivity contribution in [1.82, 2.24) is 15.0 Å². The van der Waals surface area contributed by atoms with Crippen LogP contribution >= 0.6 is 0 Å². The summed E-state index contributed by atoms with van der Waals surface area (Å²) in [5.41, 5.74) is 7.64. The summed E-state index contributed by atoms with van der Waals surface area (Å²) in [5, 5.41) is 8.01. The summed E-state index contributed by atoms with van der Waals surface area (Å²) in [4.78, 5) is 0. The van der Waals surface area contributed by atoms with Crippen molar-refractivity contribution in [3.63, 3.8) is 0 Å². The van der Waals surface area contributed by atoms with Crippen LogP contribution in [0.3, 0.4) is 0 Å². The van der Waals surface area contributed by atoms with E-state index in [-0.39, 0.29) is 0 Å². The van der Waals surface area contributed by atoms with Crippen molar-refractivity contribution < 1.29 is 0 Å². The van der Waals surface area contributed by atoms with E-state index in [9.17, 15) is 0 Å². The summed E-state index contributed by atoms with van der Waals surface area (Å²) in [6, 6.07) is 10.4. The van der Waals surface area contributed by atoms with Gasteiger partial charge in [0.2, 0.25) is 0 Å². The molecule has 2 rings (SSSR count). The van der Waals surface area contributed by atoms with Gasteiger partial charge in [-0.15, -0.1) is 5.10 Å². The van der Waals surface area contributed by atoms with E-state index in [1.54, 1.807) is 0 Å². The van der Waals surface area contributed by atoms with E-state index in [0.717, 1.165) is 12.2 Å². The highest BCUT2D eigenvalue weighted by molar-refractivity contribution is 5.18. The number of hydrogen-bond donors (Lipinski definition) is 1. The number of nitrogens with zero attached hydrogens (tertiary/aromatic N) is 3. The normalized spacial score (nSPS) is 12.6. The summed E-state index contributed by atoms with van der Waals surface area (Å²) in [5.74, 6) is 0.425. The van der Waals surface area contributed by atoms with Gasteiger partial charge in [-0.2, -0.15) is 0 Å². The Morgan fingerprint density at radius 2 is 2.06 bits per heavy atom. The molecule has 16 heavy (non-hydrogen) atoms. The highest BCUT2D eigenvalue weighted by Gasteiger charge is 2.07. The van der Waals surface area contributed by atoms with Crippen LogP contribution in [0.15, 0.2) is 36.5 Å². The van der Waals surface area contributed by atoms with Gasteiger partial charge < -0.3 is 5.73 Å². The van der Waals surface area contributed by atoms with Crippen LogP contribution in [0.5, 0.6) is 0 Å². The molecule has 1 heterocycles. The van der Waals surface area contributed by atoms with E-state index in [4.69, 9.17) is 5.73 Å². The summed E-state index contributed by atoms with van der Waals surface area (Å²) < 4.78 is 1.85. The first-order valence-corrected chi connectivity index (χ1v) is 5.43. The summed E-state index contributed by atoms with van der Waals surface area (Å²) in [6.07, 6.45) is 1.90. The molecule has 0 unspecified atom stereocenters. The molecule has 2 N–H and O–H groups in total. The molecule has 1 atom stereocenters. The van der Waals surface area contributed by atoms with Gasteiger partial charge in [0.15, 0.2) is 0 Å². The fourth-order valence-electron chi connectivity index (χ4n) is 1.69. The van der Waals surface area contributed by atoms with Crippen molar-refractivity contribution in [2.45, 2.75) is 25.9 Å². The van der Waals surface area contributed by atoms with Gasteiger partial charge in [0.25, 0.3) is 0 Å². The Bertz CT molecular complexity index is 435. The van der Waals surface area contributed by atoms with Crippen molar-refractivity contribution in [2.75, 3.05) is 0 Å². The quantitative estimate of drug-likeness (QED) is 0.843. The maximum atomic E-state index is 5.49. The Morgan fingerprint density at radius 1 is 1.31 bits per heavy atom. The summed E-state index contributed by atoms with van der Waals surface area (Å²) in [6.45, 7) is 3.45. The monoisotopic (exact) mass is 216 g/mol. The lowest BCUT2D eigenvalue weighted by Gasteiger charge is -2.10. The zero-order valence-corrected chi connectivity index (χ0v) is 9.37. The van der Waals surface area contributed by atoms with E-state index in [0.29, 0.717) is 12.5 Å². The van der Waals surface area contributed by atoms with Crippen LogP contribution in [-0.2, 0) is 13.1 Å². The predicted octanol–water partition coefficient (Wildman–Crippen LogP) is 1.54. The van der Waals surface area contributed by atoms with E-state index < -0.39 is 0 Å². The third kappa shape index (κ3) is 2.46. The van der Waals surface area contributed by atoms with Crippen LogP contribution in [0, 0.1) is 0 Å². The van der Waals surface area contributed by atoms with Crippen LogP contribution in [0.2, 0.25) is 0 Å². The molecule has 84 valence electrons. The SMILES string of the molecule is C[C@@H](Cn1cc(CN)nn1)c1ccccc1. The number of benzene rings is 1. The largest absolute Gasteiger partial charge is 0.325 e. The fraction of sp³-hybridized carbons (Fsp3) is 0.333. The molecule has 1 aromatic carbocycles. The molecule has 0 aliphatic carbocycles. The average molecular weight is 216 g/mol. The second-order valence-electron chi connectivity index (χ2n) is 3.95. The Labute approximate surface area is 95.1 Å². The van der Waals surface area contributed by atoms with Gasteiger partial charge in [0.05, 0.1) is 5.69 Å². The molecule has 0 fully saturated rings. The molecule has 0 bridgehead atoms. The molecule has 4 nitrogen and oxygen atoms in total. The lowest BCUT2D eigenvalue weighted by Crippen LogP contribution is -2.06. The highest BCUT2D eigenvalue weighted by atomic mass is 15.4. The molecule has 0 amide bonds. The molecular weight excluding hydrogens is 200 g/mol. The Balaban J connectivity index is 2.05. The van der Waals surface area contributed by atoms with Crippen LogP contribution < -0.4 is 5.73 Å². The molecule has 4 heteroatoms. The van der Waals surface area contributed by atoms with Crippen LogP contribution in [-0.4, -0.2) is 15.0 Å². The number of hydrogen-bond acceptors (Lipinski definition) is 3. The van der Waals surface area contributed by atoms with Gasteiger partial charge in [0, 0.05) is 25.2 Å². The predicted molar refractivity (Wildman–Crippen MR) is 62.8 cm³/mol. The van der Waals surface area contributed by atoms with Crippen LogP contribution in [0.25, 0.3) is 0 Å². The second kappa shape index (κ2) is 4.90. The zero-order chi connectivity index (χ0) is 11.4. The van der Waals surface area contributed by atoms with E-state index in [2.05, 4.69) is 41.5 Å². The van der Waals surface area contributed by atoms with Gasteiger partial charge in [0.1, 0.15) is 0 Å². The standard InChI is InChI=1S/C12H16N4/c1-10(11-5-3-2-4-6-11)8-16-9-12(7-13)14-15-16/h2-6,9-10H,7-8,13H2,1H3/t10-/m0/s1. The maximum absolute atomic E-state index is 5.49. The lowest BCUT2D eigenvalue weighted by molar-refractivity contribution is 0.527. The molecule has 1 aromatic heterocycles. The van der Waals surface area contributed by atoms with Crippen molar-refractivity contribution in [2.24, 2.45) is 5.73 Å². The average Bonchev–Trinajstić information content (AvgIpc) is 2.78. The van der Waals surface area contributed by atoms with Crippen LogP contribution in [0.4, 0.5) is 0 Å². The third-order valence-electron chi connectivity index (χ3n) is 2.62. The van der Waals surface area contributed by atoms with Crippen molar-refractivity contribution >= 4 is 0 Å². The topological polar surface area (TPSA) is 56.7 Å². The molecule has 0 radical (unpaired) electrons. The Kier molecular flexibility index (Phi) is 3.31. The lowest BCUT2D eigenvalue weighted by atomic mass is 10.0. The minimum Gasteiger partial charge on any atom is -0.325 e. The summed E-state index contributed by atoms with van der Waals surface area (Å²) >= 11 is 0. The van der Waals surface area contributed by atoms with Crippen LogP contribution in [0.1, 0.15) is 24.1 Å². The smallest absolute Gasteiger partial charge is 0.0962 e. The first-order chi connectivity index (χ1) is 7.79. The van der Waals surface area contributed by atoms with Gasteiger partial charge >= 0.3 is 0 Å². The zero-order valence-electron chi connectivity index (χ0n) is 9.37. The Morgan fingerprint density at radius 3 is 2.69 bits per heavy atom. The molecule has 0 aliphatic rings. The van der Waals surface area contributed by atoms with Crippen molar-refractivity contribution in [3.8, 4) is 0 Å². The fourth-order valence-corrected chi connectivity index (χ4v) is 1.69. The van der Waals surface area contributed by atoms with E-state index in [1.807, 2.05) is 16.9 Å². The van der Waals surface area contributed by atoms with E-state index in [1.165, 1.54) is 5.56 Å². The first kappa shape index (κ1) is 10.8. The Hall–Kier alpha value is -1.68. The van der Waals surface area contributed by atoms with Crippen molar-refractivity contribution in [3.05, 3.63) is 47.8 Å². The second-order valence-corrected chi connectivity index (χ2v) is 3.95. The van der Waals surface area contributed by atoms with Gasteiger partial charge in [-0.05, 0) is 5.56 Å². The van der Waals surface area contributed by atoms with Gasteiger partial charge in [-0.3, -0.25) is 4.68 Å². The minimum atomic E-state index is 0.425. The third-order valence-corrected chi connectivity index (χ3v) is 2.62.